The smallest absolute Gasteiger partial charge is 0.251 e. The Balaban J connectivity index is 1.59. The van der Waals surface area contributed by atoms with E-state index in [-0.39, 0.29) is 11.8 Å². The summed E-state index contributed by atoms with van der Waals surface area (Å²) in [4.78, 5) is 23.5. The van der Waals surface area contributed by atoms with Crippen LogP contribution in [0.2, 0.25) is 0 Å². The molecule has 0 fully saturated rings. The molecule has 5 heteroatoms. The Bertz CT molecular complexity index is 713. The summed E-state index contributed by atoms with van der Waals surface area (Å²) in [7, 11) is 0. The Kier molecular flexibility index (Phi) is 4.57. The molecule has 0 bridgehead atoms. The Labute approximate surface area is 134 Å². The van der Waals surface area contributed by atoms with Gasteiger partial charge in [-0.15, -0.1) is 0 Å². The molecule has 5 nitrogen and oxygen atoms in total. The summed E-state index contributed by atoms with van der Waals surface area (Å²) < 4.78 is 5.52. The van der Waals surface area contributed by atoms with Gasteiger partial charge in [0.15, 0.2) is 0 Å². The van der Waals surface area contributed by atoms with Gasteiger partial charge in [0.25, 0.3) is 5.91 Å². The van der Waals surface area contributed by atoms with Gasteiger partial charge < -0.3 is 15.4 Å². The zero-order valence-electron chi connectivity index (χ0n) is 12.7. The number of benzene rings is 2. The average molecular weight is 310 g/mol. The number of ether oxygens (including phenoxy) is 1. The minimum absolute atomic E-state index is 0.0433. The van der Waals surface area contributed by atoms with E-state index >= 15 is 0 Å². The molecule has 118 valence electrons. The van der Waals surface area contributed by atoms with Crippen molar-refractivity contribution in [3.05, 3.63) is 59.7 Å². The fourth-order valence-electron chi connectivity index (χ4n) is 2.43. The molecular weight excluding hydrogens is 292 g/mol. The van der Waals surface area contributed by atoms with Crippen molar-refractivity contribution in [1.29, 1.82) is 0 Å². The molecule has 0 saturated carbocycles. The van der Waals surface area contributed by atoms with Crippen LogP contribution in [0.5, 0.6) is 5.75 Å². The highest BCUT2D eigenvalue weighted by Crippen LogP contribution is 2.28. The molecule has 0 aromatic heterocycles. The van der Waals surface area contributed by atoms with Gasteiger partial charge in [-0.3, -0.25) is 9.59 Å². The number of amides is 2. The second-order valence-corrected chi connectivity index (χ2v) is 5.35. The van der Waals surface area contributed by atoms with Crippen molar-refractivity contribution in [3.8, 4) is 5.75 Å². The van der Waals surface area contributed by atoms with Gasteiger partial charge in [-0.1, -0.05) is 24.3 Å². The number of rotatable bonds is 4. The number of nitrogens with one attached hydrogen (secondary N) is 2. The molecule has 2 amide bonds. The van der Waals surface area contributed by atoms with Crippen LogP contribution >= 0.6 is 0 Å². The van der Waals surface area contributed by atoms with E-state index in [0.717, 1.165) is 5.56 Å². The van der Waals surface area contributed by atoms with E-state index < -0.39 is 0 Å². The van der Waals surface area contributed by atoms with Crippen molar-refractivity contribution >= 4 is 17.5 Å². The van der Waals surface area contributed by atoms with Crippen LogP contribution < -0.4 is 15.4 Å². The van der Waals surface area contributed by atoms with Crippen molar-refractivity contribution in [3.63, 3.8) is 0 Å². The van der Waals surface area contributed by atoms with Crippen molar-refractivity contribution < 1.29 is 14.3 Å². The van der Waals surface area contributed by atoms with E-state index in [0.29, 0.717) is 43.0 Å². The third kappa shape index (κ3) is 3.88. The van der Waals surface area contributed by atoms with Gasteiger partial charge in [0, 0.05) is 12.1 Å². The average Bonchev–Trinajstić information content (AvgIpc) is 2.75. The van der Waals surface area contributed by atoms with Crippen molar-refractivity contribution in [2.24, 2.45) is 0 Å². The number of hydrogen-bond acceptors (Lipinski definition) is 3. The summed E-state index contributed by atoms with van der Waals surface area (Å²) in [6.07, 6.45) is 1.04. The lowest BCUT2D eigenvalue weighted by molar-refractivity contribution is -0.116. The second-order valence-electron chi connectivity index (χ2n) is 5.35. The van der Waals surface area contributed by atoms with Crippen molar-refractivity contribution in [1.82, 2.24) is 5.32 Å². The predicted octanol–water partition coefficient (Wildman–Crippen LogP) is 2.38. The van der Waals surface area contributed by atoms with E-state index in [1.807, 2.05) is 36.4 Å². The molecule has 1 heterocycles. The third-order valence-electron chi connectivity index (χ3n) is 3.64. The Morgan fingerprint density at radius 3 is 2.83 bits per heavy atom. The van der Waals surface area contributed by atoms with Gasteiger partial charge >= 0.3 is 0 Å². The van der Waals surface area contributed by atoms with Crippen molar-refractivity contribution in [2.75, 3.05) is 18.5 Å². The van der Waals surface area contributed by atoms with Gasteiger partial charge in [-0.25, -0.2) is 0 Å². The van der Waals surface area contributed by atoms with Crippen LogP contribution in [0.4, 0.5) is 5.69 Å². The molecule has 0 unspecified atom stereocenters. The van der Waals surface area contributed by atoms with Crippen LogP contribution in [0.25, 0.3) is 0 Å². The fraction of sp³-hybridized carbons (Fsp3) is 0.222. The molecule has 0 saturated heterocycles. The summed E-state index contributed by atoms with van der Waals surface area (Å²) in [6, 6.07) is 14.8. The summed E-state index contributed by atoms with van der Waals surface area (Å²) in [5.41, 5.74) is 2.37. The molecule has 1 aliphatic rings. The molecule has 3 rings (SSSR count). The number of hydrogen-bond donors (Lipinski definition) is 2. The Morgan fingerprint density at radius 2 is 2.00 bits per heavy atom. The standard InChI is InChI=1S/C18H18N2O3/c21-17-9-11-23-16-7-6-13(12-15(16)20-17)8-10-19-18(22)14-4-2-1-3-5-14/h1-7,12H,8-11H2,(H,19,22)(H,20,21). The molecule has 0 spiro atoms. The number of carbonyl (C=O) groups is 2. The fourth-order valence-corrected chi connectivity index (χ4v) is 2.43. The van der Waals surface area contributed by atoms with Gasteiger partial charge in [-0.05, 0) is 36.2 Å². The maximum Gasteiger partial charge on any atom is 0.251 e. The molecule has 0 atom stereocenters. The van der Waals surface area contributed by atoms with E-state index in [9.17, 15) is 9.59 Å². The maximum atomic E-state index is 12.0. The monoisotopic (exact) mass is 310 g/mol. The second kappa shape index (κ2) is 6.96. The third-order valence-corrected chi connectivity index (χ3v) is 3.64. The largest absolute Gasteiger partial charge is 0.491 e. The molecule has 0 radical (unpaired) electrons. The summed E-state index contributed by atoms with van der Waals surface area (Å²) in [5.74, 6) is 0.559. The minimum Gasteiger partial charge on any atom is -0.491 e. The topological polar surface area (TPSA) is 67.4 Å². The van der Waals surface area contributed by atoms with Crippen LogP contribution in [0.15, 0.2) is 48.5 Å². The zero-order chi connectivity index (χ0) is 16.1. The minimum atomic E-state index is -0.0861. The normalized spacial score (nSPS) is 13.3. The summed E-state index contributed by atoms with van der Waals surface area (Å²) >= 11 is 0. The lowest BCUT2D eigenvalue weighted by Crippen LogP contribution is -2.25. The predicted molar refractivity (Wildman–Crippen MR) is 87.7 cm³/mol. The Morgan fingerprint density at radius 1 is 1.17 bits per heavy atom. The molecule has 0 aliphatic carbocycles. The lowest BCUT2D eigenvalue weighted by atomic mass is 10.1. The number of carbonyl (C=O) groups excluding carboxylic acids is 2. The van der Waals surface area contributed by atoms with Crippen LogP contribution in [0.1, 0.15) is 22.3 Å². The number of fused-ring (bicyclic) bond motifs is 1. The zero-order valence-corrected chi connectivity index (χ0v) is 12.7. The van der Waals surface area contributed by atoms with Crippen molar-refractivity contribution in [2.45, 2.75) is 12.8 Å². The van der Waals surface area contributed by atoms with E-state index in [1.165, 1.54) is 0 Å². The van der Waals surface area contributed by atoms with E-state index in [2.05, 4.69) is 10.6 Å². The van der Waals surface area contributed by atoms with Crippen LogP contribution in [-0.4, -0.2) is 25.0 Å². The molecule has 2 aromatic rings. The highest BCUT2D eigenvalue weighted by molar-refractivity contribution is 5.94. The molecule has 23 heavy (non-hydrogen) atoms. The summed E-state index contributed by atoms with van der Waals surface area (Å²) in [6.45, 7) is 0.923. The quantitative estimate of drug-likeness (QED) is 0.911. The van der Waals surface area contributed by atoms with Crippen LogP contribution in [0, 0.1) is 0 Å². The van der Waals surface area contributed by atoms with E-state index in [4.69, 9.17) is 4.74 Å². The number of anilines is 1. The summed E-state index contributed by atoms with van der Waals surface area (Å²) in [5, 5.41) is 5.73. The SMILES string of the molecule is O=C1CCOc2ccc(CCNC(=O)c3ccccc3)cc2N1. The maximum absolute atomic E-state index is 12.0. The van der Waals surface area contributed by atoms with Crippen LogP contribution in [-0.2, 0) is 11.2 Å². The van der Waals surface area contributed by atoms with Gasteiger partial charge in [0.2, 0.25) is 5.91 Å². The highest BCUT2D eigenvalue weighted by atomic mass is 16.5. The Hall–Kier alpha value is -2.82. The van der Waals surface area contributed by atoms with Gasteiger partial charge in [0.05, 0.1) is 18.7 Å². The van der Waals surface area contributed by atoms with E-state index in [1.54, 1.807) is 12.1 Å². The molecule has 2 N–H and O–H groups in total. The van der Waals surface area contributed by atoms with Gasteiger partial charge in [-0.2, -0.15) is 0 Å². The molecule has 2 aromatic carbocycles. The first kappa shape index (κ1) is 15.1. The highest BCUT2D eigenvalue weighted by Gasteiger charge is 2.14. The first-order valence-electron chi connectivity index (χ1n) is 7.61. The molecular formula is C18H18N2O3. The lowest BCUT2D eigenvalue weighted by Gasteiger charge is -2.10. The first-order valence-corrected chi connectivity index (χ1v) is 7.61. The van der Waals surface area contributed by atoms with Gasteiger partial charge in [0.1, 0.15) is 5.75 Å². The van der Waals surface area contributed by atoms with Crippen LogP contribution in [0.3, 0.4) is 0 Å². The first-order chi connectivity index (χ1) is 11.2. The molecule has 1 aliphatic heterocycles.